The van der Waals surface area contributed by atoms with Crippen LogP contribution < -0.4 is 5.73 Å². The van der Waals surface area contributed by atoms with Crippen LogP contribution in [0.1, 0.15) is 26.2 Å². The fourth-order valence-electron chi connectivity index (χ4n) is 1.14. The van der Waals surface area contributed by atoms with E-state index < -0.39 is 0 Å². The molecule has 0 saturated heterocycles. The van der Waals surface area contributed by atoms with Crippen molar-refractivity contribution in [2.75, 3.05) is 19.6 Å². The Labute approximate surface area is 113 Å². The molecule has 3 heteroatoms. The zero-order valence-corrected chi connectivity index (χ0v) is 11.9. The summed E-state index contributed by atoms with van der Waals surface area (Å²) >= 11 is 0. The molecule has 0 heterocycles. The average molecular weight is 251 g/mol. The van der Waals surface area contributed by atoms with E-state index in [1.54, 1.807) is 24.8 Å². The predicted octanol–water partition coefficient (Wildman–Crippen LogP) is 3.30. The van der Waals surface area contributed by atoms with E-state index in [1.165, 1.54) is 19.3 Å². The highest BCUT2D eigenvalue weighted by atomic mass is 15.2. The Kier molecular flexibility index (Phi) is 16.3. The molecule has 104 valence electrons. The molecule has 0 radical (unpaired) electrons. The van der Waals surface area contributed by atoms with E-state index in [9.17, 15) is 0 Å². The van der Waals surface area contributed by atoms with Gasteiger partial charge in [0.2, 0.25) is 0 Å². The Morgan fingerprint density at radius 3 is 1.39 bits per heavy atom. The van der Waals surface area contributed by atoms with Gasteiger partial charge in [-0.1, -0.05) is 46.1 Å². The monoisotopic (exact) mass is 251 g/mol. The van der Waals surface area contributed by atoms with Gasteiger partial charge in [0.25, 0.3) is 0 Å². The van der Waals surface area contributed by atoms with Gasteiger partial charge in [-0.3, -0.25) is 0 Å². The first kappa shape index (κ1) is 18.9. The number of nitrogens with two attached hydrogens (primary N) is 1. The molecule has 0 aromatic carbocycles. The fraction of sp³-hybridized carbons (Fsp3) is 0.467. The van der Waals surface area contributed by atoms with E-state index in [0.717, 1.165) is 19.6 Å². The van der Waals surface area contributed by atoms with Gasteiger partial charge in [0, 0.05) is 13.1 Å². The maximum absolute atomic E-state index is 5.21. The van der Waals surface area contributed by atoms with Crippen molar-refractivity contribution in [2.45, 2.75) is 26.2 Å². The summed E-state index contributed by atoms with van der Waals surface area (Å²) in [5, 5.41) is 0. The molecule has 0 aliphatic carbocycles. The van der Waals surface area contributed by atoms with Gasteiger partial charge in [0.05, 0.1) is 0 Å². The number of nitrogens with zero attached hydrogens (tertiary/aromatic N) is 2. The maximum Gasteiger partial charge on any atom is 0.0398 e. The Hall–Kier alpha value is -1.48. The molecule has 0 saturated carbocycles. The van der Waals surface area contributed by atoms with Gasteiger partial charge in [-0.25, -0.2) is 0 Å². The summed E-state index contributed by atoms with van der Waals surface area (Å²) in [4.78, 5) is 3.81. The molecule has 3 nitrogen and oxygen atoms in total. The fourth-order valence-corrected chi connectivity index (χ4v) is 1.14. The smallest absolute Gasteiger partial charge is 0.0398 e. The molecule has 0 aromatic heterocycles. The number of hydrogen-bond acceptors (Lipinski definition) is 3. The molecule has 0 aliphatic heterocycles. The minimum Gasteiger partial charge on any atom is -0.354 e. The van der Waals surface area contributed by atoms with Crippen LogP contribution >= 0.6 is 0 Å². The zero-order chi connectivity index (χ0) is 14.2. The quantitative estimate of drug-likeness (QED) is 0.605. The number of hydrogen-bond donors (Lipinski definition) is 1. The third kappa shape index (κ3) is 12.6. The largest absolute Gasteiger partial charge is 0.354 e. The van der Waals surface area contributed by atoms with Crippen molar-refractivity contribution in [2.24, 2.45) is 5.73 Å². The van der Waals surface area contributed by atoms with Gasteiger partial charge in [0.15, 0.2) is 0 Å². The molecule has 0 aliphatic rings. The minimum atomic E-state index is 0.838. The molecular formula is C15H29N3. The van der Waals surface area contributed by atoms with Crippen LogP contribution in [0.5, 0.6) is 0 Å². The van der Waals surface area contributed by atoms with Crippen molar-refractivity contribution < 1.29 is 0 Å². The summed E-state index contributed by atoms with van der Waals surface area (Å²) < 4.78 is 0. The van der Waals surface area contributed by atoms with E-state index >= 15 is 0 Å². The molecule has 0 rings (SSSR count). The van der Waals surface area contributed by atoms with Crippen LogP contribution in [0.15, 0.2) is 51.1 Å². The van der Waals surface area contributed by atoms with Crippen molar-refractivity contribution in [1.29, 1.82) is 0 Å². The highest BCUT2D eigenvalue weighted by molar-refractivity contribution is 4.85. The summed E-state index contributed by atoms with van der Waals surface area (Å²) in [6.07, 6.45) is 10.7. The van der Waals surface area contributed by atoms with E-state index in [4.69, 9.17) is 5.73 Å². The molecule has 0 atom stereocenters. The summed E-state index contributed by atoms with van der Waals surface area (Å²) in [6.45, 7) is 19.3. The molecule has 2 N–H and O–H groups in total. The summed E-state index contributed by atoms with van der Waals surface area (Å²) in [5.41, 5.74) is 5.21. The highest BCUT2D eigenvalue weighted by Crippen LogP contribution is 1.93. The molecule has 0 aromatic rings. The first-order valence-corrected chi connectivity index (χ1v) is 6.41. The van der Waals surface area contributed by atoms with Gasteiger partial charge >= 0.3 is 0 Å². The van der Waals surface area contributed by atoms with Crippen molar-refractivity contribution in [3.8, 4) is 0 Å². The summed E-state index contributed by atoms with van der Waals surface area (Å²) in [5.74, 6) is 0. The van der Waals surface area contributed by atoms with Crippen LogP contribution in [0.3, 0.4) is 0 Å². The number of rotatable bonds is 10. The van der Waals surface area contributed by atoms with Crippen LogP contribution in [-0.2, 0) is 0 Å². The molecule has 0 unspecified atom stereocenters. The van der Waals surface area contributed by atoms with E-state index in [2.05, 4.69) is 33.2 Å². The second-order valence-electron chi connectivity index (χ2n) is 3.70. The first-order chi connectivity index (χ1) is 8.69. The van der Waals surface area contributed by atoms with Gasteiger partial charge in [-0.05, 0) is 37.8 Å². The Bertz CT molecular complexity index is 184. The van der Waals surface area contributed by atoms with Crippen molar-refractivity contribution in [1.82, 2.24) is 9.80 Å². The lowest BCUT2D eigenvalue weighted by Crippen LogP contribution is -2.22. The molecule has 18 heavy (non-hydrogen) atoms. The van der Waals surface area contributed by atoms with E-state index in [-0.39, 0.29) is 0 Å². The summed E-state index contributed by atoms with van der Waals surface area (Å²) in [7, 11) is 0. The average Bonchev–Trinajstić information content (AvgIpc) is 2.42. The van der Waals surface area contributed by atoms with E-state index in [0.29, 0.717) is 0 Å². The van der Waals surface area contributed by atoms with Crippen LogP contribution in [-0.4, -0.2) is 29.4 Å². The van der Waals surface area contributed by atoms with Crippen LogP contribution in [0.2, 0.25) is 0 Å². The van der Waals surface area contributed by atoms with Gasteiger partial charge in [-0.2, -0.15) is 0 Å². The minimum absolute atomic E-state index is 0.838. The van der Waals surface area contributed by atoms with Gasteiger partial charge in [-0.15, -0.1) is 0 Å². The summed E-state index contributed by atoms with van der Waals surface area (Å²) in [6, 6.07) is 0. The number of unbranched alkanes of at least 4 members (excludes halogenated alkanes) is 2. The van der Waals surface area contributed by atoms with Crippen molar-refractivity contribution in [3.63, 3.8) is 0 Å². The van der Waals surface area contributed by atoms with Gasteiger partial charge < -0.3 is 15.5 Å². The zero-order valence-electron chi connectivity index (χ0n) is 11.9. The van der Waals surface area contributed by atoms with Crippen LogP contribution in [0.25, 0.3) is 0 Å². The maximum atomic E-state index is 5.21. The second kappa shape index (κ2) is 15.5. The van der Waals surface area contributed by atoms with Crippen LogP contribution in [0.4, 0.5) is 0 Å². The molecule has 0 bridgehead atoms. The Balaban J connectivity index is 0. The molecule has 0 spiro atoms. The van der Waals surface area contributed by atoms with Crippen molar-refractivity contribution in [3.05, 3.63) is 51.1 Å². The predicted molar refractivity (Wildman–Crippen MR) is 82.8 cm³/mol. The molecule has 0 fully saturated rings. The first-order valence-electron chi connectivity index (χ1n) is 6.41. The molecular weight excluding hydrogens is 222 g/mol. The van der Waals surface area contributed by atoms with Crippen LogP contribution in [0, 0.1) is 0 Å². The lowest BCUT2D eigenvalue weighted by molar-refractivity contribution is 0.413. The third-order valence-corrected chi connectivity index (χ3v) is 2.36. The second-order valence-corrected chi connectivity index (χ2v) is 3.70. The topological polar surface area (TPSA) is 32.5 Å². The van der Waals surface area contributed by atoms with Gasteiger partial charge in [0.1, 0.15) is 0 Å². The normalized spacial score (nSPS) is 8.56. The molecule has 0 amide bonds. The highest BCUT2D eigenvalue weighted by Gasteiger charge is 1.95. The Morgan fingerprint density at radius 1 is 0.833 bits per heavy atom. The lowest BCUT2D eigenvalue weighted by Gasteiger charge is -2.19. The SMILES string of the molecule is C=CN(C=C)CCN(C=C)C=C.CCCCCN. The Morgan fingerprint density at radius 2 is 1.22 bits per heavy atom. The lowest BCUT2D eigenvalue weighted by atomic mass is 10.3. The third-order valence-electron chi connectivity index (χ3n) is 2.36. The standard InChI is InChI=1S/C10H16N2.C5H13N/c1-5-11(6-2)9-10-12(7-3)8-4;1-2-3-4-5-6/h5-8H,1-4,9-10H2;2-6H2,1H3. The van der Waals surface area contributed by atoms with E-state index in [1.807, 2.05) is 9.80 Å². The van der Waals surface area contributed by atoms with Crippen molar-refractivity contribution >= 4 is 0 Å².